The largest absolute Gasteiger partial charge is 0.337 e. The first-order valence-electron chi connectivity index (χ1n) is 4.60. The summed E-state index contributed by atoms with van der Waals surface area (Å²) in [5.74, 6) is 0. The van der Waals surface area contributed by atoms with Crippen molar-refractivity contribution < 1.29 is 0 Å². The van der Waals surface area contributed by atoms with E-state index in [0.29, 0.717) is 0 Å². The molecule has 3 heteroatoms. The molecule has 0 bridgehead atoms. The third kappa shape index (κ3) is 4.48. The van der Waals surface area contributed by atoms with Gasteiger partial charge in [-0.25, -0.2) is 4.98 Å². The van der Waals surface area contributed by atoms with Crippen LogP contribution < -0.4 is 5.32 Å². The summed E-state index contributed by atoms with van der Waals surface area (Å²) < 4.78 is 2.09. The van der Waals surface area contributed by atoms with Crippen LogP contribution in [0, 0.1) is 0 Å². The highest BCUT2D eigenvalue weighted by molar-refractivity contribution is 4.90. The number of aromatic nitrogens is 2. The molecule has 0 spiro atoms. The smallest absolute Gasteiger partial charge is 0.0945 e. The zero-order valence-electron chi connectivity index (χ0n) is 8.16. The summed E-state index contributed by atoms with van der Waals surface area (Å²) >= 11 is 0. The highest BCUT2D eigenvalue weighted by atomic mass is 15.0. The van der Waals surface area contributed by atoms with Crippen molar-refractivity contribution in [2.75, 3.05) is 13.1 Å². The lowest BCUT2D eigenvalue weighted by Gasteiger charge is -2.04. The maximum Gasteiger partial charge on any atom is 0.0945 e. The Labute approximate surface area is 79.5 Å². The number of aryl methyl sites for hydroxylation is 1. The predicted octanol–water partition coefficient (Wildman–Crippen LogP) is 1.44. The third-order valence-electron chi connectivity index (χ3n) is 1.76. The van der Waals surface area contributed by atoms with Crippen molar-refractivity contribution in [3.63, 3.8) is 0 Å². The Hall–Kier alpha value is -1.09. The van der Waals surface area contributed by atoms with Crippen LogP contribution in [0.4, 0.5) is 0 Å². The molecule has 72 valence electrons. The fraction of sp³-hybridized carbons (Fsp3) is 0.500. The van der Waals surface area contributed by atoms with E-state index >= 15 is 0 Å². The molecule has 0 aliphatic heterocycles. The standard InChI is InChI=1S/C10H17N3/c1-10(2)8-11-4-3-6-13-7-5-12-9-13/h5,7,9,11H,1,3-4,6,8H2,2H3. The van der Waals surface area contributed by atoms with Crippen molar-refractivity contribution in [3.05, 3.63) is 30.9 Å². The molecule has 0 atom stereocenters. The van der Waals surface area contributed by atoms with Crippen LogP contribution in [0.3, 0.4) is 0 Å². The second-order valence-corrected chi connectivity index (χ2v) is 3.29. The van der Waals surface area contributed by atoms with Gasteiger partial charge in [0.25, 0.3) is 0 Å². The van der Waals surface area contributed by atoms with E-state index in [1.807, 2.05) is 19.4 Å². The molecule has 0 radical (unpaired) electrons. The summed E-state index contributed by atoms with van der Waals surface area (Å²) in [6.07, 6.45) is 6.77. The lowest BCUT2D eigenvalue weighted by molar-refractivity contribution is 0.596. The van der Waals surface area contributed by atoms with Gasteiger partial charge in [0.15, 0.2) is 0 Å². The Morgan fingerprint density at radius 1 is 1.62 bits per heavy atom. The van der Waals surface area contributed by atoms with E-state index in [4.69, 9.17) is 0 Å². The molecule has 0 unspecified atom stereocenters. The Morgan fingerprint density at radius 3 is 3.08 bits per heavy atom. The number of nitrogens with one attached hydrogen (secondary N) is 1. The van der Waals surface area contributed by atoms with Crippen LogP contribution in [-0.2, 0) is 6.54 Å². The fourth-order valence-corrected chi connectivity index (χ4v) is 1.11. The molecule has 0 aliphatic carbocycles. The van der Waals surface area contributed by atoms with Crippen LogP contribution >= 0.6 is 0 Å². The summed E-state index contributed by atoms with van der Waals surface area (Å²) in [7, 11) is 0. The quantitative estimate of drug-likeness (QED) is 0.529. The van der Waals surface area contributed by atoms with Crippen molar-refractivity contribution in [1.82, 2.24) is 14.9 Å². The van der Waals surface area contributed by atoms with E-state index in [-0.39, 0.29) is 0 Å². The van der Waals surface area contributed by atoms with Gasteiger partial charge < -0.3 is 9.88 Å². The predicted molar refractivity (Wildman–Crippen MR) is 54.5 cm³/mol. The Morgan fingerprint density at radius 2 is 2.46 bits per heavy atom. The van der Waals surface area contributed by atoms with Crippen LogP contribution in [0.1, 0.15) is 13.3 Å². The van der Waals surface area contributed by atoms with Gasteiger partial charge in [0, 0.05) is 25.5 Å². The highest BCUT2D eigenvalue weighted by Gasteiger charge is 1.90. The summed E-state index contributed by atoms with van der Waals surface area (Å²) in [5, 5.41) is 3.31. The Balaban J connectivity index is 1.99. The van der Waals surface area contributed by atoms with Crippen LogP contribution in [0.5, 0.6) is 0 Å². The number of rotatable bonds is 6. The van der Waals surface area contributed by atoms with E-state index in [0.717, 1.165) is 26.1 Å². The van der Waals surface area contributed by atoms with Gasteiger partial charge in [-0.05, 0) is 19.9 Å². The van der Waals surface area contributed by atoms with Gasteiger partial charge in [-0.2, -0.15) is 0 Å². The van der Waals surface area contributed by atoms with Crippen LogP contribution in [-0.4, -0.2) is 22.6 Å². The number of hydrogen-bond acceptors (Lipinski definition) is 2. The highest BCUT2D eigenvalue weighted by Crippen LogP contribution is 1.89. The van der Waals surface area contributed by atoms with E-state index in [1.54, 1.807) is 6.20 Å². The molecule has 1 aromatic rings. The minimum Gasteiger partial charge on any atom is -0.337 e. The Kier molecular flexibility index (Phi) is 4.26. The first-order chi connectivity index (χ1) is 6.29. The van der Waals surface area contributed by atoms with Crippen LogP contribution in [0.15, 0.2) is 30.9 Å². The van der Waals surface area contributed by atoms with E-state index in [2.05, 4.69) is 21.4 Å². The third-order valence-corrected chi connectivity index (χ3v) is 1.76. The van der Waals surface area contributed by atoms with Gasteiger partial charge >= 0.3 is 0 Å². The molecule has 0 aliphatic rings. The lowest BCUT2D eigenvalue weighted by atomic mass is 10.3. The van der Waals surface area contributed by atoms with Gasteiger partial charge in [-0.3, -0.25) is 0 Å². The van der Waals surface area contributed by atoms with E-state index in [1.165, 1.54) is 5.57 Å². The fourth-order valence-electron chi connectivity index (χ4n) is 1.11. The molecule has 0 saturated heterocycles. The van der Waals surface area contributed by atoms with Crippen LogP contribution in [0.25, 0.3) is 0 Å². The first kappa shape index (κ1) is 9.99. The summed E-state index contributed by atoms with van der Waals surface area (Å²) in [6, 6.07) is 0. The van der Waals surface area contributed by atoms with Crippen molar-refractivity contribution in [3.8, 4) is 0 Å². The van der Waals surface area contributed by atoms with Gasteiger partial charge in [0.1, 0.15) is 0 Å². The van der Waals surface area contributed by atoms with Gasteiger partial charge in [0.2, 0.25) is 0 Å². The van der Waals surface area contributed by atoms with E-state index in [9.17, 15) is 0 Å². The molecule has 0 saturated carbocycles. The molecule has 13 heavy (non-hydrogen) atoms. The summed E-state index contributed by atoms with van der Waals surface area (Å²) in [5.41, 5.74) is 1.18. The van der Waals surface area contributed by atoms with Gasteiger partial charge in [-0.1, -0.05) is 12.2 Å². The molecule has 1 heterocycles. The second-order valence-electron chi connectivity index (χ2n) is 3.29. The zero-order valence-corrected chi connectivity index (χ0v) is 8.16. The SMILES string of the molecule is C=C(C)CNCCCn1ccnc1. The first-order valence-corrected chi connectivity index (χ1v) is 4.60. The molecule has 1 rings (SSSR count). The van der Waals surface area contributed by atoms with Gasteiger partial charge in [0.05, 0.1) is 6.33 Å². The van der Waals surface area contributed by atoms with Crippen LogP contribution in [0.2, 0.25) is 0 Å². The number of hydrogen-bond donors (Lipinski definition) is 1. The molecule has 0 aromatic carbocycles. The average Bonchev–Trinajstić information content (AvgIpc) is 2.55. The topological polar surface area (TPSA) is 29.9 Å². The molecular formula is C10H17N3. The van der Waals surface area contributed by atoms with Crippen molar-refractivity contribution in [1.29, 1.82) is 0 Å². The molecule has 3 nitrogen and oxygen atoms in total. The van der Waals surface area contributed by atoms with Gasteiger partial charge in [-0.15, -0.1) is 0 Å². The molecule has 1 N–H and O–H groups in total. The van der Waals surface area contributed by atoms with E-state index < -0.39 is 0 Å². The minimum absolute atomic E-state index is 0.921. The lowest BCUT2D eigenvalue weighted by Crippen LogP contribution is -2.18. The van der Waals surface area contributed by atoms with Crippen molar-refractivity contribution in [2.24, 2.45) is 0 Å². The second kappa shape index (κ2) is 5.54. The molecule has 0 amide bonds. The van der Waals surface area contributed by atoms with Crippen molar-refractivity contribution >= 4 is 0 Å². The Bertz CT molecular complexity index is 239. The minimum atomic E-state index is 0.921. The number of nitrogens with zero attached hydrogens (tertiary/aromatic N) is 2. The summed E-state index contributed by atoms with van der Waals surface area (Å²) in [4.78, 5) is 3.98. The number of imidazole rings is 1. The monoisotopic (exact) mass is 179 g/mol. The maximum absolute atomic E-state index is 3.98. The molecular weight excluding hydrogens is 162 g/mol. The zero-order chi connectivity index (χ0) is 9.52. The average molecular weight is 179 g/mol. The normalized spacial score (nSPS) is 10.2. The van der Waals surface area contributed by atoms with Crippen molar-refractivity contribution in [2.45, 2.75) is 19.9 Å². The molecule has 0 fully saturated rings. The maximum atomic E-state index is 3.98. The molecule has 1 aromatic heterocycles. The summed E-state index contributed by atoms with van der Waals surface area (Å²) in [6.45, 7) is 8.84.